The highest BCUT2D eigenvalue weighted by molar-refractivity contribution is 7.98. The molecule has 0 aliphatic carbocycles. The van der Waals surface area contributed by atoms with Crippen LogP contribution in [0.15, 0.2) is 18.2 Å². The second kappa shape index (κ2) is 5.98. The molecular formula is C12H14Cl2N2S. The number of fused-ring (bicyclic) bond motifs is 1. The van der Waals surface area contributed by atoms with Gasteiger partial charge in [0, 0.05) is 6.54 Å². The van der Waals surface area contributed by atoms with Crippen LogP contribution in [0, 0.1) is 0 Å². The average Bonchev–Trinajstić information content (AvgIpc) is 2.69. The zero-order chi connectivity index (χ0) is 12.3. The molecule has 0 atom stereocenters. The fraction of sp³-hybridized carbons (Fsp3) is 0.417. The van der Waals surface area contributed by atoms with E-state index in [0.717, 1.165) is 40.6 Å². The van der Waals surface area contributed by atoms with E-state index in [1.807, 2.05) is 30.0 Å². The van der Waals surface area contributed by atoms with Gasteiger partial charge in [-0.05, 0) is 30.6 Å². The van der Waals surface area contributed by atoms with Crippen molar-refractivity contribution < 1.29 is 0 Å². The summed E-state index contributed by atoms with van der Waals surface area (Å²) in [7, 11) is 0. The fourth-order valence-corrected chi connectivity index (χ4v) is 2.79. The molecule has 0 radical (unpaired) electrons. The molecule has 5 heteroatoms. The second-order valence-corrected chi connectivity index (χ2v) is 5.43. The van der Waals surface area contributed by atoms with E-state index in [-0.39, 0.29) is 0 Å². The lowest BCUT2D eigenvalue weighted by molar-refractivity contribution is 0.677. The highest BCUT2D eigenvalue weighted by Crippen LogP contribution is 2.25. The minimum atomic E-state index is 0.421. The van der Waals surface area contributed by atoms with Crippen molar-refractivity contribution in [2.75, 3.05) is 12.0 Å². The number of thioether (sulfide) groups is 1. The van der Waals surface area contributed by atoms with E-state index in [1.165, 1.54) is 0 Å². The fourth-order valence-electron chi connectivity index (χ4n) is 1.90. The minimum Gasteiger partial charge on any atom is -0.326 e. The number of para-hydroxylation sites is 1. The maximum Gasteiger partial charge on any atom is 0.124 e. The van der Waals surface area contributed by atoms with Crippen molar-refractivity contribution in [1.29, 1.82) is 0 Å². The number of nitrogens with zero attached hydrogens (tertiary/aromatic N) is 2. The number of benzene rings is 1. The van der Waals surface area contributed by atoms with Crippen LogP contribution in [0.5, 0.6) is 0 Å². The number of imidazole rings is 1. The maximum atomic E-state index is 6.24. The third-order valence-corrected chi connectivity index (χ3v) is 3.89. The molecule has 1 aromatic heterocycles. The molecule has 0 aliphatic heterocycles. The molecule has 1 heterocycles. The monoisotopic (exact) mass is 288 g/mol. The summed E-state index contributed by atoms with van der Waals surface area (Å²) in [6, 6.07) is 5.79. The van der Waals surface area contributed by atoms with Crippen molar-refractivity contribution in [3.05, 3.63) is 29.0 Å². The van der Waals surface area contributed by atoms with Crippen molar-refractivity contribution in [1.82, 2.24) is 9.55 Å². The Morgan fingerprint density at radius 2 is 2.24 bits per heavy atom. The van der Waals surface area contributed by atoms with Crippen LogP contribution < -0.4 is 0 Å². The first-order valence-corrected chi connectivity index (χ1v) is 7.77. The molecule has 0 spiro atoms. The van der Waals surface area contributed by atoms with Gasteiger partial charge >= 0.3 is 0 Å². The third kappa shape index (κ3) is 2.72. The summed E-state index contributed by atoms with van der Waals surface area (Å²) < 4.78 is 2.14. The normalized spacial score (nSPS) is 11.2. The summed E-state index contributed by atoms with van der Waals surface area (Å²) >= 11 is 14.0. The van der Waals surface area contributed by atoms with E-state index in [2.05, 4.69) is 15.8 Å². The molecule has 2 nitrogen and oxygen atoms in total. The molecule has 0 unspecified atom stereocenters. The first kappa shape index (κ1) is 13.1. The van der Waals surface area contributed by atoms with Crippen molar-refractivity contribution in [2.24, 2.45) is 0 Å². The van der Waals surface area contributed by atoms with Crippen LogP contribution in [-0.4, -0.2) is 21.6 Å². The highest BCUT2D eigenvalue weighted by Gasteiger charge is 2.11. The zero-order valence-electron chi connectivity index (χ0n) is 9.62. The van der Waals surface area contributed by atoms with Crippen LogP contribution in [0.2, 0.25) is 5.02 Å². The molecule has 0 saturated carbocycles. The molecular weight excluding hydrogens is 275 g/mol. The van der Waals surface area contributed by atoms with Crippen LogP contribution in [0.25, 0.3) is 11.0 Å². The molecule has 0 aliphatic rings. The number of aryl methyl sites for hydroxylation is 1. The van der Waals surface area contributed by atoms with E-state index in [0.29, 0.717) is 5.88 Å². The van der Waals surface area contributed by atoms with E-state index in [1.54, 1.807) is 0 Å². The average molecular weight is 289 g/mol. The summed E-state index contributed by atoms with van der Waals surface area (Å²) in [5.41, 5.74) is 1.93. The molecule has 1 aromatic carbocycles. The topological polar surface area (TPSA) is 17.8 Å². The Hall–Kier alpha value is -0.380. The van der Waals surface area contributed by atoms with Gasteiger partial charge in [0.2, 0.25) is 0 Å². The van der Waals surface area contributed by atoms with Gasteiger partial charge in [-0.15, -0.1) is 11.6 Å². The van der Waals surface area contributed by atoms with Gasteiger partial charge in [-0.1, -0.05) is 17.7 Å². The highest BCUT2D eigenvalue weighted by atomic mass is 35.5. The van der Waals surface area contributed by atoms with Gasteiger partial charge in [-0.25, -0.2) is 4.98 Å². The summed E-state index contributed by atoms with van der Waals surface area (Å²) in [6.45, 7) is 0.920. The smallest absolute Gasteiger partial charge is 0.124 e. The summed E-state index contributed by atoms with van der Waals surface area (Å²) in [5, 5.41) is 0.746. The van der Waals surface area contributed by atoms with Gasteiger partial charge in [0.15, 0.2) is 0 Å². The van der Waals surface area contributed by atoms with Crippen molar-refractivity contribution in [3.63, 3.8) is 0 Å². The van der Waals surface area contributed by atoms with Gasteiger partial charge in [0.1, 0.15) is 5.82 Å². The predicted molar refractivity (Wildman–Crippen MR) is 77.3 cm³/mol. The first-order valence-electron chi connectivity index (χ1n) is 5.46. The lowest BCUT2D eigenvalue weighted by Gasteiger charge is -2.07. The van der Waals surface area contributed by atoms with Gasteiger partial charge in [0.25, 0.3) is 0 Å². The Balaban J connectivity index is 2.42. The lowest BCUT2D eigenvalue weighted by Crippen LogP contribution is -2.03. The number of hydrogen-bond acceptors (Lipinski definition) is 2. The largest absolute Gasteiger partial charge is 0.326 e. The molecule has 92 valence electrons. The summed E-state index contributed by atoms with van der Waals surface area (Å²) in [6.07, 6.45) is 3.21. The van der Waals surface area contributed by atoms with Crippen molar-refractivity contribution in [2.45, 2.75) is 18.8 Å². The van der Waals surface area contributed by atoms with Gasteiger partial charge < -0.3 is 4.57 Å². The maximum absolute atomic E-state index is 6.24. The van der Waals surface area contributed by atoms with Crippen LogP contribution in [0.4, 0.5) is 0 Å². The van der Waals surface area contributed by atoms with E-state index in [9.17, 15) is 0 Å². The molecule has 17 heavy (non-hydrogen) atoms. The molecule has 0 fully saturated rings. The van der Waals surface area contributed by atoms with Crippen molar-refractivity contribution >= 4 is 46.0 Å². The molecule has 2 aromatic rings. The SMILES string of the molecule is CSCCCn1c(CCl)nc2cccc(Cl)c21. The number of rotatable bonds is 5. The van der Waals surface area contributed by atoms with Gasteiger partial charge in [0.05, 0.1) is 21.9 Å². The quantitative estimate of drug-likeness (QED) is 0.607. The Bertz CT molecular complexity index is 510. The summed E-state index contributed by atoms with van der Waals surface area (Å²) in [4.78, 5) is 4.51. The molecule has 0 bridgehead atoms. The first-order chi connectivity index (χ1) is 8.27. The van der Waals surface area contributed by atoms with Crippen LogP contribution in [-0.2, 0) is 12.4 Å². The third-order valence-electron chi connectivity index (χ3n) is 2.65. The zero-order valence-corrected chi connectivity index (χ0v) is 11.9. The Morgan fingerprint density at radius 3 is 2.94 bits per heavy atom. The lowest BCUT2D eigenvalue weighted by atomic mass is 10.3. The number of hydrogen-bond donors (Lipinski definition) is 0. The van der Waals surface area contributed by atoms with Crippen LogP contribution >= 0.6 is 35.0 Å². The Morgan fingerprint density at radius 1 is 1.41 bits per heavy atom. The minimum absolute atomic E-state index is 0.421. The molecule has 0 saturated heterocycles. The predicted octanol–water partition coefficient (Wildman–Crippen LogP) is 4.18. The number of halogens is 2. The Kier molecular flexibility index (Phi) is 4.60. The number of aromatic nitrogens is 2. The molecule has 2 rings (SSSR count). The van der Waals surface area contributed by atoms with Crippen LogP contribution in [0.3, 0.4) is 0 Å². The Labute approximate surface area is 115 Å². The molecule has 0 N–H and O–H groups in total. The van der Waals surface area contributed by atoms with Gasteiger partial charge in [-0.2, -0.15) is 11.8 Å². The van der Waals surface area contributed by atoms with E-state index >= 15 is 0 Å². The van der Waals surface area contributed by atoms with Crippen molar-refractivity contribution in [3.8, 4) is 0 Å². The number of alkyl halides is 1. The molecule has 0 amide bonds. The summed E-state index contributed by atoms with van der Waals surface area (Å²) in [5.74, 6) is 2.45. The van der Waals surface area contributed by atoms with E-state index < -0.39 is 0 Å². The standard InChI is InChI=1S/C12H14Cl2N2S/c1-17-7-3-6-16-11(8-13)15-10-5-2-4-9(14)12(10)16/h2,4-5H,3,6-8H2,1H3. The van der Waals surface area contributed by atoms with Crippen LogP contribution in [0.1, 0.15) is 12.2 Å². The second-order valence-electron chi connectivity index (χ2n) is 3.77. The van der Waals surface area contributed by atoms with E-state index in [4.69, 9.17) is 23.2 Å². The van der Waals surface area contributed by atoms with Gasteiger partial charge in [-0.3, -0.25) is 0 Å².